The van der Waals surface area contributed by atoms with Gasteiger partial charge in [-0.3, -0.25) is 4.79 Å². The van der Waals surface area contributed by atoms with Gasteiger partial charge < -0.3 is 14.9 Å². The summed E-state index contributed by atoms with van der Waals surface area (Å²) in [7, 11) is 1.77. The normalized spacial score (nSPS) is 16.4. The number of aromatic nitrogens is 2. The van der Waals surface area contributed by atoms with Crippen molar-refractivity contribution in [2.24, 2.45) is 0 Å². The van der Waals surface area contributed by atoms with Crippen LogP contribution in [0.3, 0.4) is 0 Å². The summed E-state index contributed by atoms with van der Waals surface area (Å²) < 4.78 is 0. The quantitative estimate of drug-likeness (QED) is 0.818. The van der Waals surface area contributed by atoms with Gasteiger partial charge in [-0.2, -0.15) is 0 Å². The zero-order valence-corrected chi connectivity index (χ0v) is 11.0. The van der Waals surface area contributed by atoms with Crippen molar-refractivity contribution in [1.29, 1.82) is 0 Å². The van der Waals surface area contributed by atoms with Crippen molar-refractivity contribution in [3.63, 3.8) is 0 Å². The van der Waals surface area contributed by atoms with Crippen LogP contribution in [0.4, 0.5) is 5.95 Å². The summed E-state index contributed by atoms with van der Waals surface area (Å²) in [5.41, 5.74) is 0.490. The van der Waals surface area contributed by atoms with Gasteiger partial charge in [-0.1, -0.05) is 0 Å². The molecule has 0 bridgehead atoms. The Morgan fingerprint density at radius 3 is 2.79 bits per heavy atom. The summed E-state index contributed by atoms with van der Waals surface area (Å²) >= 11 is 0. The number of hydrogen-bond donors (Lipinski definition) is 1. The van der Waals surface area contributed by atoms with Gasteiger partial charge in [-0.25, -0.2) is 14.8 Å². The number of nitrogens with zero attached hydrogens (tertiary/aromatic N) is 4. The van der Waals surface area contributed by atoms with E-state index in [1.54, 1.807) is 23.8 Å². The maximum Gasteiger partial charge on any atom is 0.339 e. The predicted molar refractivity (Wildman–Crippen MR) is 68.2 cm³/mol. The van der Waals surface area contributed by atoms with Crippen LogP contribution in [-0.2, 0) is 4.79 Å². The molecule has 0 spiro atoms. The molecule has 19 heavy (non-hydrogen) atoms. The molecule has 0 saturated carbocycles. The minimum atomic E-state index is -1.05. The van der Waals surface area contributed by atoms with Gasteiger partial charge in [0.15, 0.2) is 0 Å². The molecule has 102 valence electrons. The van der Waals surface area contributed by atoms with Crippen LogP contribution in [0, 0.1) is 6.92 Å². The van der Waals surface area contributed by atoms with E-state index in [4.69, 9.17) is 5.11 Å². The van der Waals surface area contributed by atoms with E-state index in [9.17, 15) is 9.59 Å². The summed E-state index contributed by atoms with van der Waals surface area (Å²) in [5.74, 6) is -0.622. The standard InChI is InChI=1S/C12H16N4O3/c1-8-9(11(18)19)6-13-12(14-8)16-5-3-4-15(2)10(17)7-16/h6H,3-5,7H2,1-2H3,(H,18,19). The van der Waals surface area contributed by atoms with E-state index < -0.39 is 5.97 Å². The number of carboxylic acids is 1. The molecule has 1 fully saturated rings. The van der Waals surface area contributed by atoms with Crippen LogP contribution in [0.15, 0.2) is 6.20 Å². The van der Waals surface area contributed by atoms with E-state index >= 15 is 0 Å². The van der Waals surface area contributed by atoms with Crippen LogP contribution >= 0.6 is 0 Å². The Morgan fingerprint density at radius 2 is 2.16 bits per heavy atom. The fraction of sp³-hybridized carbons (Fsp3) is 0.500. The number of anilines is 1. The molecule has 1 aliphatic heterocycles. The van der Waals surface area contributed by atoms with E-state index in [1.165, 1.54) is 6.20 Å². The number of likely N-dealkylation sites (N-methyl/N-ethyl adjacent to an activating group) is 1. The van der Waals surface area contributed by atoms with Gasteiger partial charge in [0.2, 0.25) is 11.9 Å². The second kappa shape index (κ2) is 5.21. The number of amides is 1. The first-order valence-corrected chi connectivity index (χ1v) is 6.05. The minimum Gasteiger partial charge on any atom is -0.478 e. The van der Waals surface area contributed by atoms with Crippen molar-refractivity contribution in [3.8, 4) is 0 Å². The van der Waals surface area contributed by atoms with Gasteiger partial charge in [0.1, 0.15) is 0 Å². The third-order valence-electron chi connectivity index (χ3n) is 3.15. The highest BCUT2D eigenvalue weighted by Gasteiger charge is 2.21. The summed E-state index contributed by atoms with van der Waals surface area (Å²) in [6.07, 6.45) is 2.13. The number of carboxylic acid groups (broad SMARTS) is 1. The molecule has 0 atom stereocenters. The van der Waals surface area contributed by atoms with Crippen molar-refractivity contribution in [2.45, 2.75) is 13.3 Å². The van der Waals surface area contributed by atoms with Crippen molar-refractivity contribution in [3.05, 3.63) is 17.5 Å². The van der Waals surface area contributed by atoms with E-state index in [1.807, 2.05) is 0 Å². The van der Waals surface area contributed by atoms with Crippen molar-refractivity contribution < 1.29 is 14.7 Å². The number of hydrogen-bond acceptors (Lipinski definition) is 5. The molecule has 1 aromatic heterocycles. The monoisotopic (exact) mass is 264 g/mol. The lowest BCUT2D eigenvalue weighted by molar-refractivity contribution is -0.127. The van der Waals surface area contributed by atoms with E-state index in [0.29, 0.717) is 24.7 Å². The molecule has 1 aromatic rings. The molecule has 2 rings (SSSR count). The zero-order chi connectivity index (χ0) is 14.0. The summed E-state index contributed by atoms with van der Waals surface area (Å²) in [4.78, 5) is 34.4. The Kier molecular flexibility index (Phi) is 3.64. The Hall–Kier alpha value is -2.18. The number of aromatic carboxylic acids is 1. The molecule has 2 heterocycles. The second-order valence-corrected chi connectivity index (χ2v) is 4.56. The average molecular weight is 264 g/mol. The van der Waals surface area contributed by atoms with Crippen LogP contribution in [-0.4, -0.2) is 58.5 Å². The molecular formula is C12H16N4O3. The highest BCUT2D eigenvalue weighted by Crippen LogP contribution is 2.14. The van der Waals surface area contributed by atoms with Crippen LogP contribution < -0.4 is 4.90 Å². The van der Waals surface area contributed by atoms with Gasteiger partial charge in [0, 0.05) is 26.3 Å². The molecule has 1 aliphatic rings. The van der Waals surface area contributed by atoms with Crippen LogP contribution in [0.1, 0.15) is 22.5 Å². The Bertz CT molecular complexity index is 518. The first-order chi connectivity index (χ1) is 8.99. The largest absolute Gasteiger partial charge is 0.478 e. The summed E-state index contributed by atoms with van der Waals surface area (Å²) in [5, 5.41) is 8.93. The Balaban J connectivity index is 2.24. The van der Waals surface area contributed by atoms with Crippen molar-refractivity contribution in [1.82, 2.24) is 14.9 Å². The number of aryl methyl sites for hydroxylation is 1. The number of carbonyl (C=O) groups excluding carboxylic acids is 1. The molecule has 1 saturated heterocycles. The fourth-order valence-corrected chi connectivity index (χ4v) is 1.97. The van der Waals surface area contributed by atoms with Crippen molar-refractivity contribution in [2.75, 3.05) is 31.6 Å². The molecule has 0 radical (unpaired) electrons. The smallest absolute Gasteiger partial charge is 0.339 e. The molecular weight excluding hydrogens is 248 g/mol. The molecule has 0 unspecified atom stereocenters. The zero-order valence-electron chi connectivity index (χ0n) is 11.0. The topological polar surface area (TPSA) is 86.6 Å². The number of rotatable bonds is 2. The van der Waals surface area contributed by atoms with E-state index in [-0.39, 0.29) is 18.0 Å². The van der Waals surface area contributed by atoms with Gasteiger partial charge in [-0.15, -0.1) is 0 Å². The van der Waals surface area contributed by atoms with Crippen LogP contribution in [0.5, 0.6) is 0 Å². The van der Waals surface area contributed by atoms with Gasteiger partial charge in [-0.05, 0) is 13.3 Å². The van der Waals surface area contributed by atoms with E-state index in [0.717, 1.165) is 6.42 Å². The Morgan fingerprint density at radius 1 is 1.42 bits per heavy atom. The molecule has 1 amide bonds. The fourth-order valence-electron chi connectivity index (χ4n) is 1.97. The minimum absolute atomic E-state index is 0.0149. The molecule has 1 N–H and O–H groups in total. The first kappa shape index (κ1) is 13.3. The summed E-state index contributed by atoms with van der Waals surface area (Å²) in [6, 6.07) is 0. The summed E-state index contributed by atoms with van der Waals surface area (Å²) in [6.45, 7) is 3.24. The SMILES string of the molecule is Cc1nc(N2CCCN(C)C(=O)C2)ncc1C(=O)O. The van der Waals surface area contributed by atoms with Crippen LogP contribution in [0.2, 0.25) is 0 Å². The van der Waals surface area contributed by atoms with Gasteiger partial charge in [0.05, 0.1) is 17.8 Å². The highest BCUT2D eigenvalue weighted by atomic mass is 16.4. The molecule has 7 heteroatoms. The second-order valence-electron chi connectivity index (χ2n) is 4.56. The lowest BCUT2D eigenvalue weighted by Crippen LogP contribution is -2.35. The maximum absolute atomic E-state index is 11.8. The lowest BCUT2D eigenvalue weighted by atomic mass is 10.2. The Labute approximate surface area is 110 Å². The maximum atomic E-state index is 11.8. The van der Waals surface area contributed by atoms with Crippen molar-refractivity contribution >= 4 is 17.8 Å². The van der Waals surface area contributed by atoms with E-state index in [2.05, 4.69) is 9.97 Å². The third kappa shape index (κ3) is 2.81. The molecule has 0 aliphatic carbocycles. The van der Waals surface area contributed by atoms with Gasteiger partial charge >= 0.3 is 5.97 Å². The predicted octanol–water partition coefficient (Wildman–Crippen LogP) is 0.152. The van der Waals surface area contributed by atoms with Gasteiger partial charge in [0.25, 0.3) is 0 Å². The number of carbonyl (C=O) groups is 2. The lowest BCUT2D eigenvalue weighted by Gasteiger charge is -2.20. The average Bonchev–Trinajstić information content (AvgIpc) is 2.51. The highest BCUT2D eigenvalue weighted by molar-refractivity contribution is 5.88. The first-order valence-electron chi connectivity index (χ1n) is 6.05. The van der Waals surface area contributed by atoms with Crippen LogP contribution in [0.25, 0.3) is 0 Å². The molecule has 0 aromatic carbocycles. The third-order valence-corrected chi connectivity index (χ3v) is 3.15. The molecule has 7 nitrogen and oxygen atoms in total.